The molecule has 0 radical (unpaired) electrons. The van der Waals surface area contributed by atoms with Gasteiger partial charge in [-0.05, 0) is 37.8 Å². The molecule has 1 heterocycles. The summed E-state index contributed by atoms with van der Waals surface area (Å²) in [7, 11) is 0. The predicted octanol–water partition coefficient (Wildman–Crippen LogP) is 5.18. The monoisotopic (exact) mass is 341 g/mol. The van der Waals surface area contributed by atoms with Crippen LogP contribution in [0.3, 0.4) is 0 Å². The van der Waals surface area contributed by atoms with Crippen molar-refractivity contribution in [3.8, 4) is 0 Å². The van der Waals surface area contributed by atoms with E-state index in [4.69, 9.17) is 4.74 Å². The van der Waals surface area contributed by atoms with E-state index in [1.54, 1.807) is 13.0 Å². The second kappa shape index (κ2) is 9.21. The van der Waals surface area contributed by atoms with Gasteiger partial charge >= 0.3 is 6.09 Å². The van der Waals surface area contributed by atoms with Crippen molar-refractivity contribution in [3.63, 3.8) is 0 Å². The lowest BCUT2D eigenvalue weighted by Gasteiger charge is -2.24. The van der Waals surface area contributed by atoms with E-state index in [9.17, 15) is 9.59 Å². The molecular weight excluding hydrogens is 314 g/mol. The molecule has 1 saturated heterocycles. The number of rotatable bonds is 8. The fourth-order valence-corrected chi connectivity index (χ4v) is 2.87. The lowest BCUT2D eigenvalue weighted by Crippen LogP contribution is -2.31. The van der Waals surface area contributed by atoms with Crippen molar-refractivity contribution >= 4 is 11.9 Å². The molecular formula is C21H27NO3. The van der Waals surface area contributed by atoms with Crippen molar-refractivity contribution in [2.45, 2.75) is 52.5 Å². The predicted molar refractivity (Wildman–Crippen MR) is 99.0 cm³/mol. The fraction of sp³-hybridized carbons (Fsp3) is 0.429. The molecule has 1 aromatic carbocycles. The number of Topliss-reactive ketones (excluding diaryl/α,β-unsaturated/α-hetero) is 1. The normalized spacial score (nSPS) is 18.4. The van der Waals surface area contributed by atoms with E-state index in [2.05, 4.69) is 6.92 Å². The number of hydrogen-bond acceptors (Lipinski definition) is 3. The van der Waals surface area contributed by atoms with E-state index in [1.807, 2.05) is 43.3 Å². The Morgan fingerprint density at radius 1 is 1.28 bits per heavy atom. The zero-order valence-corrected chi connectivity index (χ0v) is 15.3. The van der Waals surface area contributed by atoms with Gasteiger partial charge in [0.2, 0.25) is 5.78 Å². The van der Waals surface area contributed by atoms with E-state index in [0.29, 0.717) is 11.3 Å². The number of carbonyl (C=O) groups is 2. The number of nitrogens with zero attached hydrogens (tertiary/aromatic N) is 1. The van der Waals surface area contributed by atoms with Crippen LogP contribution in [0.25, 0.3) is 0 Å². The van der Waals surface area contributed by atoms with Crippen LogP contribution in [0.4, 0.5) is 4.79 Å². The second-order valence-corrected chi connectivity index (χ2v) is 6.26. The summed E-state index contributed by atoms with van der Waals surface area (Å²) in [5.41, 5.74) is 2.04. The molecule has 0 unspecified atom stereocenters. The smallest absolute Gasteiger partial charge is 0.415 e. The van der Waals surface area contributed by atoms with Gasteiger partial charge in [0.05, 0.1) is 11.7 Å². The first-order valence-electron chi connectivity index (χ1n) is 8.98. The quantitative estimate of drug-likeness (QED) is 0.483. The summed E-state index contributed by atoms with van der Waals surface area (Å²) in [6.45, 7) is 6.01. The highest BCUT2D eigenvalue weighted by Gasteiger charge is 2.38. The van der Waals surface area contributed by atoms with Crippen molar-refractivity contribution in [1.82, 2.24) is 4.90 Å². The zero-order valence-electron chi connectivity index (χ0n) is 15.3. The Hall–Kier alpha value is -2.36. The van der Waals surface area contributed by atoms with Crippen LogP contribution in [0.15, 0.2) is 53.8 Å². The minimum absolute atomic E-state index is 0.112. The lowest BCUT2D eigenvalue weighted by atomic mass is 10.0. The van der Waals surface area contributed by atoms with Crippen LogP contribution < -0.4 is 0 Å². The summed E-state index contributed by atoms with van der Waals surface area (Å²) in [5.74, 6) is -0.112. The van der Waals surface area contributed by atoms with Crippen molar-refractivity contribution in [2.75, 3.05) is 6.61 Å². The van der Waals surface area contributed by atoms with E-state index >= 15 is 0 Å². The molecule has 1 aliphatic heterocycles. The molecule has 0 aromatic heterocycles. The Labute approximate surface area is 150 Å². The van der Waals surface area contributed by atoms with Gasteiger partial charge in [-0.1, -0.05) is 62.2 Å². The standard InChI is InChI=1S/C21H27NO3/c1-4-6-7-11-14-18(20(23)16(3)5-2)22-19(15-25-21(22)24)17-12-9-8-10-13-17/h5,8-10,12-14,19H,4,6-7,11,15H2,1-3H3/b16-5+,18-14-/t19-/m1/s1. The van der Waals surface area contributed by atoms with Gasteiger partial charge in [0.15, 0.2) is 0 Å². The highest BCUT2D eigenvalue weighted by molar-refractivity contribution is 6.09. The Kier molecular flexibility index (Phi) is 6.99. The maximum Gasteiger partial charge on any atom is 0.415 e. The van der Waals surface area contributed by atoms with E-state index < -0.39 is 6.09 Å². The summed E-state index contributed by atoms with van der Waals surface area (Å²) in [5, 5.41) is 0. The third-order valence-corrected chi connectivity index (χ3v) is 4.49. The summed E-state index contributed by atoms with van der Waals surface area (Å²) >= 11 is 0. The molecule has 0 aliphatic carbocycles. The summed E-state index contributed by atoms with van der Waals surface area (Å²) in [4.78, 5) is 26.8. The molecule has 0 bridgehead atoms. The Bertz CT molecular complexity index is 661. The second-order valence-electron chi connectivity index (χ2n) is 6.26. The fourth-order valence-electron chi connectivity index (χ4n) is 2.87. The summed E-state index contributed by atoms with van der Waals surface area (Å²) in [6.07, 6.45) is 7.22. The maximum absolute atomic E-state index is 12.9. The number of cyclic esters (lactones) is 1. The number of carbonyl (C=O) groups excluding carboxylic acids is 2. The molecule has 0 saturated carbocycles. The molecule has 1 amide bonds. The lowest BCUT2D eigenvalue weighted by molar-refractivity contribution is -0.113. The Balaban J connectivity index is 2.35. The summed E-state index contributed by atoms with van der Waals surface area (Å²) < 4.78 is 5.28. The highest BCUT2D eigenvalue weighted by Crippen LogP contribution is 2.32. The Morgan fingerprint density at radius 3 is 2.64 bits per heavy atom. The van der Waals surface area contributed by atoms with Crippen LogP contribution in [-0.4, -0.2) is 23.4 Å². The van der Waals surface area contributed by atoms with Gasteiger partial charge in [0.25, 0.3) is 0 Å². The molecule has 1 aromatic rings. The van der Waals surface area contributed by atoms with Gasteiger partial charge in [-0.3, -0.25) is 9.69 Å². The molecule has 2 rings (SSSR count). The van der Waals surface area contributed by atoms with Crippen LogP contribution >= 0.6 is 0 Å². The average molecular weight is 341 g/mol. The third kappa shape index (κ3) is 4.59. The minimum atomic E-state index is -0.451. The van der Waals surface area contributed by atoms with Gasteiger partial charge in [0, 0.05) is 0 Å². The van der Waals surface area contributed by atoms with Gasteiger partial charge < -0.3 is 4.74 Å². The first-order chi connectivity index (χ1) is 12.1. The number of hydrogen-bond donors (Lipinski definition) is 0. The molecule has 0 spiro atoms. The van der Waals surface area contributed by atoms with E-state index in [1.165, 1.54) is 4.90 Å². The van der Waals surface area contributed by atoms with E-state index in [-0.39, 0.29) is 18.4 Å². The number of amides is 1. The SMILES string of the molecule is C/C=C(\C)C(=O)/C(=C/CCCCC)N1C(=O)OC[C@@H]1c1ccccc1. The highest BCUT2D eigenvalue weighted by atomic mass is 16.6. The molecule has 1 fully saturated rings. The molecule has 1 aliphatic rings. The number of allylic oxidation sites excluding steroid dienone is 3. The molecule has 134 valence electrons. The van der Waals surface area contributed by atoms with Crippen LogP contribution in [0, 0.1) is 0 Å². The molecule has 0 N–H and O–H groups in total. The van der Waals surface area contributed by atoms with Gasteiger partial charge in [-0.2, -0.15) is 0 Å². The van der Waals surface area contributed by atoms with Gasteiger partial charge in [0.1, 0.15) is 6.61 Å². The number of ketones is 1. The number of benzene rings is 1. The minimum Gasteiger partial charge on any atom is -0.447 e. The average Bonchev–Trinajstić information content (AvgIpc) is 3.02. The number of ether oxygens (including phenoxy) is 1. The molecule has 25 heavy (non-hydrogen) atoms. The van der Waals surface area contributed by atoms with Crippen LogP contribution in [0.1, 0.15) is 58.1 Å². The Morgan fingerprint density at radius 2 is 2.00 bits per heavy atom. The topological polar surface area (TPSA) is 46.6 Å². The van der Waals surface area contributed by atoms with Gasteiger partial charge in [-0.25, -0.2) is 4.79 Å². The van der Waals surface area contributed by atoms with Crippen LogP contribution in [-0.2, 0) is 9.53 Å². The first-order valence-corrected chi connectivity index (χ1v) is 8.98. The zero-order chi connectivity index (χ0) is 18.2. The van der Waals surface area contributed by atoms with Crippen molar-refractivity contribution < 1.29 is 14.3 Å². The maximum atomic E-state index is 12.9. The number of unbranched alkanes of at least 4 members (excludes halogenated alkanes) is 3. The largest absolute Gasteiger partial charge is 0.447 e. The van der Waals surface area contributed by atoms with Crippen molar-refractivity contribution in [3.05, 3.63) is 59.3 Å². The third-order valence-electron chi connectivity index (χ3n) is 4.49. The molecule has 1 atom stereocenters. The van der Waals surface area contributed by atoms with Crippen molar-refractivity contribution in [1.29, 1.82) is 0 Å². The molecule has 4 heteroatoms. The molecule has 4 nitrogen and oxygen atoms in total. The first kappa shape index (κ1) is 19.0. The van der Waals surface area contributed by atoms with Crippen LogP contribution in [0.5, 0.6) is 0 Å². The van der Waals surface area contributed by atoms with Crippen LogP contribution in [0.2, 0.25) is 0 Å². The summed E-state index contributed by atoms with van der Waals surface area (Å²) in [6, 6.07) is 9.45. The van der Waals surface area contributed by atoms with Crippen molar-refractivity contribution in [2.24, 2.45) is 0 Å². The van der Waals surface area contributed by atoms with E-state index in [0.717, 1.165) is 31.2 Å². The van der Waals surface area contributed by atoms with Gasteiger partial charge in [-0.15, -0.1) is 0 Å².